The highest BCUT2D eigenvalue weighted by molar-refractivity contribution is 7.09. The van der Waals surface area contributed by atoms with Gasteiger partial charge in [0.05, 0.1) is 32.6 Å². The highest BCUT2D eigenvalue weighted by Crippen LogP contribution is 2.33. The molecule has 0 saturated heterocycles. The predicted octanol–water partition coefficient (Wildman–Crippen LogP) is 3.75. The van der Waals surface area contributed by atoms with Crippen molar-refractivity contribution in [2.24, 2.45) is 0 Å². The number of rotatable bonds is 6. The Balaban J connectivity index is 2.23. The number of ether oxygens (including phenoxy) is 3. The molecule has 0 aliphatic heterocycles. The monoisotopic (exact) mass is 293 g/mol. The molecule has 5 heteroatoms. The maximum absolute atomic E-state index is 5.57. The summed E-state index contributed by atoms with van der Waals surface area (Å²) < 4.78 is 16.2. The zero-order valence-electron chi connectivity index (χ0n) is 12.2. The summed E-state index contributed by atoms with van der Waals surface area (Å²) in [6, 6.07) is 5.72. The molecule has 2 aromatic rings. The molecule has 20 heavy (non-hydrogen) atoms. The summed E-state index contributed by atoms with van der Waals surface area (Å²) in [6.45, 7) is 4.57. The van der Waals surface area contributed by atoms with Gasteiger partial charge in [0.2, 0.25) is 0 Å². The van der Waals surface area contributed by atoms with Gasteiger partial charge in [-0.05, 0) is 26.0 Å². The van der Waals surface area contributed by atoms with Crippen LogP contribution in [0.15, 0.2) is 23.6 Å². The molecule has 1 aromatic carbocycles. The molecule has 0 aliphatic rings. The predicted molar refractivity (Wildman–Crippen MR) is 80.6 cm³/mol. The molecular formula is C15H19NO3S. The van der Waals surface area contributed by atoms with Crippen molar-refractivity contribution in [2.45, 2.75) is 26.6 Å². The van der Waals surface area contributed by atoms with Gasteiger partial charge in [-0.1, -0.05) is 0 Å². The fraction of sp³-hybridized carbons (Fsp3) is 0.400. The van der Waals surface area contributed by atoms with Crippen LogP contribution in [0, 0.1) is 0 Å². The first-order valence-corrected chi connectivity index (χ1v) is 7.30. The Morgan fingerprint density at radius 2 is 2.00 bits per heavy atom. The molecule has 0 atom stereocenters. The van der Waals surface area contributed by atoms with E-state index in [2.05, 4.69) is 4.98 Å². The van der Waals surface area contributed by atoms with E-state index in [1.165, 1.54) is 0 Å². The van der Waals surface area contributed by atoms with Gasteiger partial charge in [-0.3, -0.25) is 0 Å². The van der Waals surface area contributed by atoms with Gasteiger partial charge in [0.25, 0.3) is 0 Å². The molecule has 4 nitrogen and oxygen atoms in total. The zero-order chi connectivity index (χ0) is 14.5. The highest BCUT2D eigenvalue weighted by Gasteiger charge is 2.11. The second-order valence-corrected chi connectivity index (χ2v) is 5.50. The van der Waals surface area contributed by atoms with E-state index in [0.717, 1.165) is 27.8 Å². The third kappa shape index (κ3) is 3.49. The van der Waals surface area contributed by atoms with Crippen molar-refractivity contribution in [1.29, 1.82) is 0 Å². The minimum atomic E-state index is 0.206. The molecule has 0 saturated carbocycles. The summed E-state index contributed by atoms with van der Waals surface area (Å²) in [5.74, 6) is 1.52. The highest BCUT2D eigenvalue weighted by atomic mass is 32.1. The van der Waals surface area contributed by atoms with E-state index >= 15 is 0 Å². The number of hydrogen-bond acceptors (Lipinski definition) is 5. The lowest BCUT2D eigenvalue weighted by atomic mass is 10.1. The van der Waals surface area contributed by atoms with Crippen LogP contribution in [0.4, 0.5) is 0 Å². The number of thiazole rings is 1. The van der Waals surface area contributed by atoms with Gasteiger partial charge in [0.15, 0.2) is 0 Å². The first-order chi connectivity index (χ1) is 9.63. The molecular weight excluding hydrogens is 274 g/mol. The van der Waals surface area contributed by atoms with E-state index in [9.17, 15) is 0 Å². The Labute approximate surface area is 123 Å². The molecule has 0 amide bonds. The lowest BCUT2D eigenvalue weighted by Crippen LogP contribution is -2.01. The summed E-state index contributed by atoms with van der Waals surface area (Å²) >= 11 is 1.59. The van der Waals surface area contributed by atoms with Crippen LogP contribution in [0.2, 0.25) is 0 Å². The van der Waals surface area contributed by atoms with Crippen LogP contribution in [0.1, 0.15) is 18.9 Å². The van der Waals surface area contributed by atoms with Crippen molar-refractivity contribution in [3.63, 3.8) is 0 Å². The van der Waals surface area contributed by atoms with Crippen LogP contribution in [0.3, 0.4) is 0 Å². The molecule has 1 heterocycles. The standard InChI is InChI=1S/C15H19NO3S/c1-10(2)19-8-15-16-13(9-20-15)12-6-5-11(17-3)7-14(12)18-4/h5-7,9-10H,8H2,1-4H3. The third-order valence-corrected chi connectivity index (χ3v) is 3.60. The van der Waals surface area contributed by atoms with Gasteiger partial charge < -0.3 is 14.2 Å². The number of aromatic nitrogens is 1. The van der Waals surface area contributed by atoms with Crippen LogP contribution in [0.25, 0.3) is 11.3 Å². The van der Waals surface area contributed by atoms with Crippen molar-refractivity contribution >= 4 is 11.3 Å². The lowest BCUT2D eigenvalue weighted by Gasteiger charge is -2.08. The van der Waals surface area contributed by atoms with E-state index in [4.69, 9.17) is 14.2 Å². The second kappa shape index (κ2) is 6.72. The Morgan fingerprint density at radius 1 is 1.20 bits per heavy atom. The number of nitrogens with zero attached hydrogens (tertiary/aromatic N) is 1. The van der Waals surface area contributed by atoms with Crippen molar-refractivity contribution in [2.75, 3.05) is 14.2 Å². The van der Waals surface area contributed by atoms with Gasteiger partial charge in [-0.15, -0.1) is 11.3 Å². The van der Waals surface area contributed by atoms with Gasteiger partial charge in [-0.25, -0.2) is 4.98 Å². The lowest BCUT2D eigenvalue weighted by molar-refractivity contribution is 0.0656. The van der Waals surface area contributed by atoms with Crippen LogP contribution in [-0.2, 0) is 11.3 Å². The molecule has 1 aromatic heterocycles. The molecule has 0 unspecified atom stereocenters. The van der Waals surface area contributed by atoms with Crippen LogP contribution in [0.5, 0.6) is 11.5 Å². The Kier molecular flexibility index (Phi) is 4.98. The SMILES string of the molecule is COc1ccc(-c2csc(COC(C)C)n2)c(OC)c1. The van der Waals surface area contributed by atoms with E-state index in [1.54, 1.807) is 25.6 Å². The minimum absolute atomic E-state index is 0.206. The molecule has 0 fully saturated rings. The van der Waals surface area contributed by atoms with Gasteiger partial charge in [0, 0.05) is 17.0 Å². The Bertz CT molecular complexity index is 566. The number of hydrogen-bond donors (Lipinski definition) is 0. The average molecular weight is 293 g/mol. The fourth-order valence-corrected chi connectivity index (χ4v) is 2.46. The van der Waals surface area contributed by atoms with Crippen molar-refractivity contribution in [1.82, 2.24) is 4.98 Å². The number of methoxy groups -OCH3 is 2. The van der Waals surface area contributed by atoms with E-state index < -0.39 is 0 Å². The Hall–Kier alpha value is -1.59. The normalized spacial score (nSPS) is 10.8. The molecule has 0 aliphatic carbocycles. The minimum Gasteiger partial charge on any atom is -0.497 e. The number of benzene rings is 1. The fourth-order valence-electron chi connectivity index (χ4n) is 1.75. The van der Waals surface area contributed by atoms with E-state index in [1.807, 2.05) is 37.4 Å². The van der Waals surface area contributed by atoms with Gasteiger partial charge in [-0.2, -0.15) is 0 Å². The van der Waals surface area contributed by atoms with Gasteiger partial charge >= 0.3 is 0 Å². The third-order valence-electron chi connectivity index (χ3n) is 2.78. The smallest absolute Gasteiger partial charge is 0.131 e. The topological polar surface area (TPSA) is 40.6 Å². The molecule has 108 valence electrons. The van der Waals surface area contributed by atoms with Crippen molar-refractivity contribution in [3.05, 3.63) is 28.6 Å². The molecule has 0 bridgehead atoms. The van der Waals surface area contributed by atoms with Crippen LogP contribution in [-0.4, -0.2) is 25.3 Å². The summed E-state index contributed by atoms with van der Waals surface area (Å²) in [5, 5.41) is 2.98. The summed E-state index contributed by atoms with van der Waals surface area (Å²) in [5.41, 5.74) is 1.86. The maximum atomic E-state index is 5.57. The van der Waals surface area contributed by atoms with Crippen molar-refractivity contribution < 1.29 is 14.2 Å². The quantitative estimate of drug-likeness (QED) is 0.813. The molecule has 0 spiro atoms. The molecule has 0 N–H and O–H groups in total. The maximum Gasteiger partial charge on any atom is 0.131 e. The average Bonchev–Trinajstić information content (AvgIpc) is 2.93. The summed E-state index contributed by atoms with van der Waals surface area (Å²) in [7, 11) is 3.28. The first-order valence-electron chi connectivity index (χ1n) is 6.42. The van der Waals surface area contributed by atoms with Crippen LogP contribution >= 0.6 is 11.3 Å². The summed E-state index contributed by atoms with van der Waals surface area (Å²) in [6.07, 6.45) is 0.206. The van der Waals surface area contributed by atoms with E-state index in [-0.39, 0.29) is 6.10 Å². The molecule has 0 radical (unpaired) electrons. The largest absolute Gasteiger partial charge is 0.497 e. The zero-order valence-corrected chi connectivity index (χ0v) is 13.0. The first kappa shape index (κ1) is 14.8. The summed E-state index contributed by atoms with van der Waals surface area (Å²) in [4.78, 5) is 4.59. The Morgan fingerprint density at radius 3 is 2.65 bits per heavy atom. The van der Waals surface area contributed by atoms with E-state index in [0.29, 0.717) is 6.61 Å². The second-order valence-electron chi connectivity index (χ2n) is 4.55. The molecule has 2 rings (SSSR count). The van der Waals surface area contributed by atoms with Crippen LogP contribution < -0.4 is 9.47 Å². The van der Waals surface area contributed by atoms with Crippen molar-refractivity contribution in [3.8, 4) is 22.8 Å². The van der Waals surface area contributed by atoms with Gasteiger partial charge in [0.1, 0.15) is 16.5 Å².